The van der Waals surface area contributed by atoms with Crippen LogP contribution >= 0.6 is 0 Å². The summed E-state index contributed by atoms with van der Waals surface area (Å²) in [6.07, 6.45) is 0.990. The molecule has 64 valence electrons. The van der Waals surface area contributed by atoms with E-state index in [1.807, 2.05) is 6.92 Å². The Morgan fingerprint density at radius 3 is 3.00 bits per heavy atom. The molecule has 1 aliphatic heterocycles. The van der Waals surface area contributed by atoms with Crippen molar-refractivity contribution in [3.05, 3.63) is 0 Å². The summed E-state index contributed by atoms with van der Waals surface area (Å²) in [7, 11) is 0. The lowest BCUT2D eigenvalue weighted by molar-refractivity contribution is -0.139. The lowest BCUT2D eigenvalue weighted by atomic mass is 10.2. The zero-order valence-electron chi connectivity index (χ0n) is 6.63. The third kappa shape index (κ3) is 2.48. The molecule has 1 heterocycles. The maximum atomic E-state index is 10.6. The highest BCUT2D eigenvalue weighted by molar-refractivity contribution is 5.73. The van der Waals surface area contributed by atoms with Crippen LogP contribution in [0.1, 0.15) is 13.3 Å². The summed E-state index contributed by atoms with van der Waals surface area (Å²) in [5.41, 5.74) is 0. The Kier molecular flexibility index (Phi) is 2.84. The van der Waals surface area contributed by atoms with Gasteiger partial charge in [-0.25, -0.2) is 0 Å². The van der Waals surface area contributed by atoms with Crippen molar-refractivity contribution >= 4 is 5.97 Å². The molecule has 1 fully saturated rings. The highest BCUT2D eigenvalue weighted by Crippen LogP contribution is 1.96. The van der Waals surface area contributed by atoms with Gasteiger partial charge in [-0.2, -0.15) is 0 Å². The van der Waals surface area contributed by atoms with Crippen molar-refractivity contribution in [2.24, 2.45) is 0 Å². The van der Waals surface area contributed by atoms with Gasteiger partial charge in [-0.3, -0.25) is 4.79 Å². The zero-order chi connectivity index (χ0) is 8.27. The largest absolute Gasteiger partial charge is 0.480 e. The first-order chi connectivity index (χ1) is 5.20. The molecule has 3 N–H and O–H groups in total. The van der Waals surface area contributed by atoms with Crippen molar-refractivity contribution in [3.8, 4) is 0 Å². The van der Waals surface area contributed by atoms with Crippen LogP contribution in [0.5, 0.6) is 0 Å². The van der Waals surface area contributed by atoms with Gasteiger partial charge < -0.3 is 15.7 Å². The highest BCUT2D eigenvalue weighted by Gasteiger charge is 2.21. The Bertz CT molecular complexity index is 149. The maximum Gasteiger partial charge on any atom is 0.322 e. The Morgan fingerprint density at radius 2 is 2.36 bits per heavy atom. The molecular weight excluding hydrogens is 144 g/mol. The fraction of sp³-hybridized carbons (Fsp3) is 0.857. The van der Waals surface area contributed by atoms with Crippen LogP contribution in [0.2, 0.25) is 0 Å². The minimum Gasteiger partial charge on any atom is -0.480 e. The van der Waals surface area contributed by atoms with Crippen LogP contribution in [0.25, 0.3) is 0 Å². The zero-order valence-corrected chi connectivity index (χ0v) is 6.63. The fourth-order valence-corrected chi connectivity index (χ4v) is 1.21. The van der Waals surface area contributed by atoms with Gasteiger partial charge in [0, 0.05) is 12.6 Å². The molecule has 2 unspecified atom stereocenters. The summed E-state index contributed by atoms with van der Waals surface area (Å²) in [5.74, 6) is -0.772. The molecule has 0 aromatic carbocycles. The Morgan fingerprint density at radius 1 is 1.64 bits per heavy atom. The first-order valence-electron chi connectivity index (χ1n) is 3.89. The molecule has 0 radical (unpaired) electrons. The van der Waals surface area contributed by atoms with E-state index in [1.165, 1.54) is 0 Å². The molecule has 0 aromatic rings. The van der Waals surface area contributed by atoms with Crippen LogP contribution < -0.4 is 10.6 Å². The first kappa shape index (κ1) is 8.49. The van der Waals surface area contributed by atoms with E-state index >= 15 is 0 Å². The Balaban J connectivity index is 2.45. The minimum atomic E-state index is -0.772. The minimum absolute atomic E-state index is 0.297. The predicted octanol–water partition coefficient (Wildman–Crippen LogP) is -0.589. The molecule has 0 spiro atoms. The van der Waals surface area contributed by atoms with Crippen LogP contribution in [0.3, 0.4) is 0 Å². The molecule has 11 heavy (non-hydrogen) atoms. The number of rotatable bonds is 1. The topological polar surface area (TPSA) is 61.4 Å². The normalized spacial score (nSPS) is 32.8. The van der Waals surface area contributed by atoms with Gasteiger partial charge in [0.25, 0.3) is 0 Å². The van der Waals surface area contributed by atoms with Crippen LogP contribution in [-0.2, 0) is 4.79 Å². The summed E-state index contributed by atoms with van der Waals surface area (Å²) in [6.45, 7) is 3.43. The van der Waals surface area contributed by atoms with Crippen LogP contribution in [-0.4, -0.2) is 36.2 Å². The second kappa shape index (κ2) is 3.69. The Labute approximate surface area is 66.0 Å². The summed E-state index contributed by atoms with van der Waals surface area (Å²) < 4.78 is 0. The fourth-order valence-electron chi connectivity index (χ4n) is 1.21. The lowest BCUT2D eigenvalue weighted by Gasteiger charge is -2.14. The second-order valence-corrected chi connectivity index (χ2v) is 2.95. The number of hydrogen-bond acceptors (Lipinski definition) is 3. The standard InChI is InChI=1S/C7H14N2O2/c1-5-2-3-8-4-6(9-5)7(10)11/h5-6,8-9H,2-4H2,1H3,(H,10,11). The van der Waals surface area contributed by atoms with E-state index < -0.39 is 12.0 Å². The van der Waals surface area contributed by atoms with Gasteiger partial charge in [-0.1, -0.05) is 0 Å². The molecule has 0 aliphatic carbocycles. The lowest BCUT2D eigenvalue weighted by Crippen LogP contribution is -2.44. The van der Waals surface area contributed by atoms with Gasteiger partial charge in [-0.15, -0.1) is 0 Å². The van der Waals surface area contributed by atoms with Crippen LogP contribution in [0.15, 0.2) is 0 Å². The second-order valence-electron chi connectivity index (χ2n) is 2.95. The van der Waals surface area contributed by atoms with Crippen LogP contribution in [0.4, 0.5) is 0 Å². The van der Waals surface area contributed by atoms with E-state index in [1.54, 1.807) is 0 Å². The van der Waals surface area contributed by atoms with Gasteiger partial charge in [0.15, 0.2) is 0 Å². The van der Waals surface area contributed by atoms with E-state index in [0.717, 1.165) is 13.0 Å². The van der Waals surface area contributed by atoms with Gasteiger partial charge >= 0.3 is 5.97 Å². The molecule has 1 rings (SSSR count). The van der Waals surface area contributed by atoms with E-state index in [0.29, 0.717) is 12.6 Å². The van der Waals surface area contributed by atoms with Gasteiger partial charge in [0.05, 0.1) is 0 Å². The Hall–Kier alpha value is -0.610. The van der Waals surface area contributed by atoms with Gasteiger partial charge in [0.2, 0.25) is 0 Å². The molecule has 2 atom stereocenters. The number of carboxylic acids is 1. The smallest absolute Gasteiger partial charge is 0.322 e. The quantitative estimate of drug-likeness (QED) is 0.477. The van der Waals surface area contributed by atoms with Crippen molar-refractivity contribution in [1.82, 2.24) is 10.6 Å². The van der Waals surface area contributed by atoms with Crippen LogP contribution in [0, 0.1) is 0 Å². The van der Waals surface area contributed by atoms with Crippen molar-refractivity contribution in [1.29, 1.82) is 0 Å². The molecule has 4 heteroatoms. The van der Waals surface area contributed by atoms with Crippen molar-refractivity contribution < 1.29 is 9.90 Å². The summed E-state index contributed by atoms with van der Waals surface area (Å²) >= 11 is 0. The third-order valence-corrected chi connectivity index (χ3v) is 1.89. The van der Waals surface area contributed by atoms with Crippen molar-refractivity contribution in [2.45, 2.75) is 25.4 Å². The van der Waals surface area contributed by atoms with Crippen molar-refractivity contribution in [3.63, 3.8) is 0 Å². The molecule has 4 nitrogen and oxygen atoms in total. The monoisotopic (exact) mass is 158 g/mol. The number of carboxylic acid groups (broad SMARTS) is 1. The summed E-state index contributed by atoms with van der Waals surface area (Å²) in [6, 6.07) is -0.126. The van der Waals surface area contributed by atoms with Gasteiger partial charge in [-0.05, 0) is 19.9 Å². The molecule has 0 bridgehead atoms. The average molecular weight is 158 g/mol. The predicted molar refractivity (Wildman–Crippen MR) is 41.5 cm³/mol. The molecular formula is C7H14N2O2. The van der Waals surface area contributed by atoms with E-state index in [-0.39, 0.29) is 0 Å². The van der Waals surface area contributed by atoms with E-state index in [9.17, 15) is 4.79 Å². The molecule has 0 aromatic heterocycles. The summed E-state index contributed by atoms with van der Waals surface area (Å²) in [5, 5.41) is 14.8. The third-order valence-electron chi connectivity index (χ3n) is 1.89. The van der Waals surface area contributed by atoms with Crippen molar-refractivity contribution in [2.75, 3.05) is 13.1 Å². The molecule has 1 aliphatic rings. The summed E-state index contributed by atoms with van der Waals surface area (Å²) in [4.78, 5) is 10.6. The number of nitrogens with one attached hydrogen (secondary N) is 2. The van der Waals surface area contributed by atoms with E-state index in [2.05, 4.69) is 10.6 Å². The first-order valence-corrected chi connectivity index (χ1v) is 3.89. The maximum absolute atomic E-state index is 10.6. The number of carbonyl (C=O) groups is 1. The number of aliphatic carboxylic acids is 1. The van der Waals surface area contributed by atoms with Gasteiger partial charge in [0.1, 0.15) is 6.04 Å². The highest BCUT2D eigenvalue weighted by atomic mass is 16.4. The average Bonchev–Trinajstić information content (AvgIpc) is 2.13. The van der Waals surface area contributed by atoms with E-state index in [4.69, 9.17) is 5.11 Å². The SMILES string of the molecule is CC1CCNCC(C(=O)O)N1. The number of hydrogen-bond donors (Lipinski definition) is 3. The molecule has 1 saturated heterocycles. The molecule has 0 amide bonds. The molecule has 0 saturated carbocycles.